The van der Waals surface area contributed by atoms with Crippen LogP contribution in [0, 0.1) is 5.92 Å². The predicted octanol–water partition coefficient (Wildman–Crippen LogP) is 5.78. The molecular formula is C21H28N2. The molecule has 0 saturated heterocycles. The SMILES string of the molecule is CCC(C)Cc1ccc(-c2cnc(C3CCCCC3)nc2)cc1. The van der Waals surface area contributed by atoms with Crippen molar-refractivity contribution in [1.29, 1.82) is 0 Å². The van der Waals surface area contributed by atoms with E-state index in [1.807, 2.05) is 12.4 Å². The first-order valence-electron chi connectivity index (χ1n) is 9.17. The summed E-state index contributed by atoms with van der Waals surface area (Å²) >= 11 is 0. The van der Waals surface area contributed by atoms with E-state index in [1.165, 1.54) is 49.7 Å². The Balaban J connectivity index is 1.69. The van der Waals surface area contributed by atoms with Crippen LogP contribution in [0.4, 0.5) is 0 Å². The zero-order chi connectivity index (χ0) is 16.1. The van der Waals surface area contributed by atoms with Crippen molar-refractivity contribution in [3.05, 3.63) is 48.0 Å². The van der Waals surface area contributed by atoms with Crippen LogP contribution in [0.15, 0.2) is 36.7 Å². The van der Waals surface area contributed by atoms with Crippen LogP contribution in [0.3, 0.4) is 0 Å². The third-order valence-corrected chi connectivity index (χ3v) is 5.21. The number of rotatable bonds is 5. The van der Waals surface area contributed by atoms with Gasteiger partial charge in [0.05, 0.1) is 0 Å². The van der Waals surface area contributed by atoms with Gasteiger partial charge >= 0.3 is 0 Å². The van der Waals surface area contributed by atoms with E-state index in [4.69, 9.17) is 0 Å². The molecule has 23 heavy (non-hydrogen) atoms. The second kappa shape index (κ2) is 7.72. The summed E-state index contributed by atoms with van der Waals surface area (Å²) in [4.78, 5) is 9.30. The Morgan fingerprint density at radius 3 is 2.22 bits per heavy atom. The van der Waals surface area contributed by atoms with Crippen LogP contribution in [-0.4, -0.2) is 9.97 Å². The van der Waals surface area contributed by atoms with Gasteiger partial charge in [-0.2, -0.15) is 0 Å². The van der Waals surface area contributed by atoms with Gasteiger partial charge in [0.2, 0.25) is 0 Å². The molecular weight excluding hydrogens is 280 g/mol. The molecule has 0 spiro atoms. The normalized spacial score (nSPS) is 17.1. The average Bonchev–Trinajstić information content (AvgIpc) is 2.63. The van der Waals surface area contributed by atoms with E-state index in [0.29, 0.717) is 5.92 Å². The molecule has 1 atom stereocenters. The number of aromatic nitrogens is 2. The fourth-order valence-electron chi connectivity index (χ4n) is 3.44. The minimum Gasteiger partial charge on any atom is -0.240 e. The molecule has 1 aromatic carbocycles. The summed E-state index contributed by atoms with van der Waals surface area (Å²) in [6, 6.07) is 8.90. The topological polar surface area (TPSA) is 25.8 Å². The van der Waals surface area contributed by atoms with E-state index >= 15 is 0 Å². The number of hydrogen-bond donors (Lipinski definition) is 0. The highest BCUT2D eigenvalue weighted by atomic mass is 14.9. The van der Waals surface area contributed by atoms with Gasteiger partial charge in [0.1, 0.15) is 5.82 Å². The average molecular weight is 308 g/mol. The molecule has 1 aliphatic carbocycles. The fraction of sp³-hybridized carbons (Fsp3) is 0.524. The van der Waals surface area contributed by atoms with E-state index in [2.05, 4.69) is 48.1 Å². The van der Waals surface area contributed by atoms with Crippen molar-refractivity contribution in [2.24, 2.45) is 5.92 Å². The van der Waals surface area contributed by atoms with E-state index in [0.717, 1.165) is 23.7 Å². The van der Waals surface area contributed by atoms with Crippen LogP contribution in [0.1, 0.15) is 69.7 Å². The van der Waals surface area contributed by atoms with Crippen molar-refractivity contribution in [2.75, 3.05) is 0 Å². The van der Waals surface area contributed by atoms with Gasteiger partial charge in [0.25, 0.3) is 0 Å². The highest BCUT2D eigenvalue weighted by molar-refractivity contribution is 5.61. The number of nitrogens with zero attached hydrogens (tertiary/aromatic N) is 2. The first kappa shape index (κ1) is 16.2. The van der Waals surface area contributed by atoms with Crippen LogP contribution in [0.2, 0.25) is 0 Å². The van der Waals surface area contributed by atoms with Crippen LogP contribution < -0.4 is 0 Å². The lowest BCUT2D eigenvalue weighted by Gasteiger charge is -2.20. The van der Waals surface area contributed by atoms with Crippen LogP contribution in [0.25, 0.3) is 11.1 Å². The Morgan fingerprint density at radius 1 is 0.957 bits per heavy atom. The molecule has 2 nitrogen and oxygen atoms in total. The van der Waals surface area contributed by atoms with Gasteiger partial charge in [-0.05, 0) is 36.3 Å². The standard InChI is InChI=1S/C21H28N2/c1-3-16(2)13-17-9-11-18(12-10-17)20-14-22-21(23-15-20)19-7-5-4-6-8-19/h9-12,14-16,19H,3-8,13H2,1-2H3. The largest absolute Gasteiger partial charge is 0.240 e. The van der Waals surface area contributed by atoms with Crippen LogP contribution in [0.5, 0.6) is 0 Å². The molecule has 0 bridgehead atoms. The lowest BCUT2D eigenvalue weighted by molar-refractivity contribution is 0.428. The fourth-order valence-corrected chi connectivity index (χ4v) is 3.44. The minimum absolute atomic E-state index is 0.579. The van der Waals surface area contributed by atoms with E-state index in [9.17, 15) is 0 Å². The number of hydrogen-bond acceptors (Lipinski definition) is 2. The van der Waals surface area contributed by atoms with Crippen molar-refractivity contribution in [3.8, 4) is 11.1 Å². The smallest absolute Gasteiger partial charge is 0.131 e. The second-order valence-corrected chi connectivity index (χ2v) is 7.08. The molecule has 1 aliphatic rings. The number of benzene rings is 1. The Labute approximate surface area is 140 Å². The molecule has 1 aromatic heterocycles. The maximum absolute atomic E-state index is 4.65. The summed E-state index contributed by atoms with van der Waals surface area (Å²) in [5.41, 5.74) is 3.76. The third kappa shape index (κ3) is 4.19. The van der Waals surface area contributed by atoms with Crippen LogP contribution >= 0.6 is 0 Å². The molecule has 1 fully saturated rings. The molecule has 0 radical (unpaired) electrons. The first-order chi connectivity index (χ1) is 11.3. The second-order valence-electron chi connectivity index (χ2n) is 7.08. The lowest BCUT2D eigenvalue weighted by atomic mass is 9.88. The van der Waals surface area contributed by atoms with Crippen molar-refractivity contribution in [2.45, 2.75) is 64.7 Å². The molecule has 1 saturated carbocycles. The lowest BCUT2D eigenvalue weighted by Crippen LogP contribution is -2.08. The van der Waals surface area contributed by atoms with Gasteiger partial charge in [-0.15, -0.1) is 0 Å². The van der Waals surface area contributed by atoms with Gasteiger partial charge in [0.15, 0.2) is 0 Å². The zero-order valence-corrected chi connectivity index (χ0v) is 14.5. The Kier molecular flexibility index (Phi) is 5.43. The van der Waals surface area contributed by atoms with E-state index in [-0.39, 0.29) is 0 Å². The zero-order valence-electron chi connectivity index (χ0n) is 14.5. The molecule has 2 aromatic rings. The molecule has 0 amide bonds. The maximum atomic E-state index is 4.65. The van der Waals surface area contributed by atoms with Crippen molar-refractivity contribution >= 4 is 0 Å². The van der Waals surface area contributed by atoms with Gasteiger partial charge in [0, 0.05) is 23.9 Å². The van der Waals surface area contributed by atoms with Gasteiger partial charge < -0.3 is 0 Å². The van der Waals surface area contributed by atoms with Gasteiger partial charge in [-0.25, -0.2) is 9.97 Å². The summed E-state index contributed by atoms with van der Waals surface area (Å²) in [5, 5.41) is 0. The summed E-state index contributed by atoms with van der Waals surface area (Å²) in [6.07, 6.45) is 12.9. The van der Waals surface area contributed by atoms with Crippen molar-refractivity contribution in [3.63, 3.8) is 0 Å². The summed E-state index contributed by atoms with van der Waals surface area (Å²) in [7, 11) is 0. The van der Waals surface area contributed by atoms with Crippen molar-refractivity contribution < 1.29 is 0 Å². The minimum atomic E-state index is 0.579. The molecule has 122 valence electrons. The highest BCUT2D eigenvalue weighted by Gasteiger charge is 2.17. The van der Waals surface area contributed by atoms with Crippen molar-refractivity contribution in [1.82, 2.24) is 9.97 Å². The summed E-state index contributed by atoms with van der Waals surface area (Å²) < 4.78 is 0. The maximum Gasteiger partial charge on any atom is 0.131 e. The molecule has 1 heterocycles. The Hall–Kier alpha value is -1.70. The molecule has 0 aliphatic heterocycles. The predicted molar refractivity (Wildman–Crippen MR) is 96.5 cm³/mol. The molecule has 3 rings (SSSR count). The third-order valence-electron chi connectivity index (χ3n) is 5.21. The quantitative estimate of drug-likeness (QED) is 0.699. The summed E-state index contributed by atoms with van der Waals surface area (Å²) in [6.45, 7) is 4.57. The Bertz CT molecular complexity index is 595. The monoisotopic (exact) mass is 308 g/mol. The Morgan fingerprint density at radius 2 is 1.61 bits per heavy atom. The van der Waals surface area contributed by atoms with Gasteiger partial charge in [-0.3, -0.25) is 0 Å². The molecule has 1 unspecified atom stereocenters. The van der Waals surface area contributed by atoms with Gasteiger partial charge in [-0.1, -0.05) is 63.8 Å². The summed E-state index contributed by atoms with van der Waals surface area (Å²) in [5.74, 6) is 2.37. The first-order valence-corrected chi connectivity index (χ1v) is 9.17. The van der Waals surface area contributed by atoms with E-state index in [1.54, 1.807) is 0 Å². The van der Waals surface area contributed by atoms with Crippen LogP contribution in [-0.2, 0) is 6.42 Å². The molecule has 0 N–H and O–H groups in total. The molecule has 2 heteroatoms. The van der Waals surface area contributed by atoms with E-state index < -0.39 is 0 Å². The highest BCUT2D eigenvalue weighted by Crippen LogP contribution is 2.31.